The van der Waals surface area contributed by atoms with E-state index in [4.69, 9.17) is 14.7 Å². The molecule has 5 rings (SSSR count). The Morgan fingerprint density at radius 2 is 2.29 bits per heavy atom. The minimum Gasteiger partial charge on any atom is -0.493 e. The van der Waals surface area contributed by atoms with Gasteiger partial charge in [0, 0.05) is 24.4 Å². The summed E-state index contributed by atoms with van der Waals surface area (Å²) < 4.78 is 6.94. The van der Waals surface area contributed by atoms with Crippen molar-refractivity contribution in [3.8, 4) is 5.88 Å². The molecule has 12 heteroatoms. The highest BCUT2D eigenvalue weighted by Gasteiger charge is 2.26. The Balaban J connectivity index is 1.46. The van der Waals surface area contributed by atoms with Crippen molar-refractivity contribution in [2.45, 2.75) is 37.5 Å². The molecule has 0 saturated heterocycles. The number of amides is 1. The number of aromatic nitrogens is 5. The number of rotatable bonds is 8. The fourth-order valence-electron chi connectivity index (χ4n) is 3.64. The predicted octanol–water partition coefficient (Wildman–Crippen LogP) is 0.277. The zero-order valence-corrected chi connectivity index (χ0v) is 19.4. The fraction of sp³-hybridized carbons (Fsp3) is 0.409. The van der Waals surface area contributed by atoms with Gasteiger partial charge in [-0.1, -0.05) is 6.08 Å². The average Bonchev–Trinajstić information content (AvgIpc) is 3.19. The number of ether oxygens (including phenoxy) is 1. The van der Waals surface area contributed by atoms with Gasteiger partial charge in [-0.2, -0.15) is 9.61 Å². The third-order valence-corrected chi connectivity index (χ3v) is 6.80. The summed E-state index contributed by atoms with van der Waals surface area (Å²) in [5.41, 5.74) is 1.81. The predicted molar refractivity (Wildman–Crippen MR) is 126 cm³/mol. The summed E-state index contributed by atoms with van der Waals surface area (Å²) in [4.78, 5) is 39.2. The van der Waals surface area contributed by atoms with Crippen LogP contribution >= 0.6 is 11.8 Å². The Kier molecular flexibility index (Phi) is 6.24. The van der Waals surface area contributed by atoms with E-state index < -0.39 is 5.69 Å². The first-order valence-corrected chi connectivity index (χ1v) is 12.1. The monoisotopic (exact) mass is 483 g/mol. The molecule has 1 unspecified atom stereocenters. The first-order chi connectivity index (χ1) is 16.5. The number of allylic oxidation sites excluding steroid dienone is 1. The first kappa shape index (κ1) is 22.4. The Morgan fingerprint density at radius 3 is 3.03 bits per heavy atom. The molecule has 4 N–H and O–H groups in total. The molecular formula is C22H25N7O4S. The molecule has 1 amide bonds. The van der Waals surface area contributed by atoms with Gasteiger partial charge in [-0.3, -0.25) is 14.8 Å². The number of carbonyl (C=O) groups excluding carboxylic acids is 1. The second-order valence-corrected chi connectivity index (χ2v) is 9.33. The van der Waals surface area contributed by atoms with E-state index in [1.807, 2.05) is 19.1 Å². The Hall–Kier alpha value is -3.38. The van der Waals surface area contributed by atoms with Crippen molar-refractivity contribution >= 4 is 29.4 Å². The van der Waals surface area contributed by atoms with Crippen LogP contribution in [-0.2, 0) is 9.53 Å². The summed E-state index contributed by atoms with van der Waals surface area (Å²) in [5.74, 6) is -0.361. The molecular weight excluding hydrogens is 458 g/mol. The van der Waals surface area contributed by atoms with Gasteiger partial charge in [0.1, 0.15) is 5.69 Å². The highest BCUT2D eigenvalue weighted by molar-refractivity contribution is 8.04. The van der Waals surface area contributed by atoms with E-state index in [1.54, 1.807) is 16.8 Å². The van der Waals surface area contributed by atoms with Crippen molar-refractivity contribution in [2.24, 2.45) is 4.99 Å². The molecule has 1 fully saturated rings. The lowest BCUT2D eigenvalue weighted by molar-refractivity contribution is -0.117. The number of H-pyrrole nitrogens is 2. The number of hydrogen-bond donors (Lipinski definition) is 4. The van der Waals surface area contributed by atoms with Crippen LogP contribution < -0.4 is 21.7 Å². The average molecular weight is 484 g/mol. The second-order valence-electron chi connectivity index (χ2n) is 8.08. The summed E-state index contributed by atoms with van der Waals surface area (Å²) in [6, 6.07) is 2.21. The lowest BCUT2D eigenvalue weighted by Crippen LogP contribution is -2.27. The van der Waals surface area contributed by atoms with Gasteiger partial charge in [0.15, 0.2) is 11.1 Å². The number of carbonyl (C=O) groups is 1. The van der Waals surface area contributed by atoms with Crippen molar-refractivity contribution in [1.82, 2.24) is 29.9 Å². The first-order valence-electron chi connectivity index (χ1n) is 11.2. The summed E-state index contributed by atoms with van der Waals surface area (Å²) in [5, 5.41) is 17.9. The number of aromatic hydroxyl groups is 1. The Bertz CT molecular complexity index is 1430. The number of nitrogens with one attached hydrogen (secondary N) is 3. The molecule has 1 aliphatic heterocycles. The van der Waals surface area contributed by atoms with Crippen molar-refractivity contribution < 1.29 is 14.6 Å². The highest BCUT2D eigenvalue weighted by Crippen LogP contribution is 2.42. The molecule has 1 atom stereocenters. The maximum Gasteiger partial charge on any atom is 0.326 e. The van der Waals surface area contributed by atoms with E-state index in [0.717, 1.165) is 18.5 Å². The van der Waals surface area contributed by atoms with Crippen LogP contribution in [0.3, 0.4) is 0 Å². The van der Waals surface area contributed by atoms with Gasteiger partial charge in [0.2, 0.25) is 5.88 Å². The van der Waals surface area contributed by atoms with Gasteiger partial charge in [0.05, 0.1) is 34.7 Å². The highest BCUT2D eigenvalue weighted by atomic mass is 32.2. The van der Waals surface area contributed by atoms with Gasteiger partial charge in [-0.15, -0.1) is 11.8 Å². The van der Waals surface area contributed by atoms with E-state index in [9.17, 15) is 14.7 Å². The lowest BCUT2D eigenvalue weighted by atomic mass is 10.2. The second kappa shape index (κ2) is 9.47. The summed E-state index contributed by atoms with van der Waals surface area (Å²) in [6.07, 6.45) is 7.93. The minimum atomic E-state index is -0.501. The fourth-order valence-corrected chi connectivity index (χ4v) is 4.75. The minimum absolute atomic E-state index is 0.0333. The van der Waals surface area contributed by atoms with Crippen molar-refractivity contribution in [1.29, 1.82) is 0 Å². The molecule has 34 heavy (non-hydrogen) atoms. The summed E-state index contributed by atoms with van der Waals surface area (Å²) in [7, 11) is 0. The molecule has 0 radical (unpaired) electrons. The molecule has 2 aliphatic rings. The van der Waals surface area contributed by atoms with Gasteiger partial charge in [-0.05, 0) is 32.3 Å². The molecule has 4 heterocycles. The topological polar surface area (TPSA) is 150 Å². The number of aromatic amines is 2. The van der Waals surface area contributed by atoms with E-state index in [0.29, 0.717) is 47.4 Å². The van der Waals surface area contributed by atoms with Gasteiger partial charge in [-0.25, -0.2) is 9.78 Å². The van der Waals surface area contributed by atoms with Crippen LogP contribution in [0, 0.1) is 0 Å². The van der Waals surface area contributed by atoms with Crippen LogP contribution in [0.2, 0.25) is 0 Å². The number of fused-ring (bicyclic) bond motifs is 1. The third kappa shape index (κ3) is 4.77. The maximum atomic E-state index is 12.5. The molecule has 178 valence electrons. The van der Waals surface area contributed by atoms with Crippen LogP contribution in [0.5, 0.6) is 5.88 Å². The quantitative estimate of drug-likeness (QED) is 0.336. The molecule has 3 aromatic heterocycles. The van der Waals surface area contributed by atoms with Crippen LogP contribution in [0.1, 0.15) is 42.8 Å². The third-order valence-electron chi connectivity index (χ3n) is 5.47. The van der Waals surface area contributed by atoms with Crippen LogP contribution in [0.4, 0.5) is 0 Å². The Labute approximate surface area is 198 Å². The van der Waals surface area contributed by atoms with Crippen molar-refractivity contribution in [2.75, 3.05) is 19.8 Å². The van der Waals surface area contributed by atoms with Crippen molar-refractivity contribution in [3.05, 3.63) is 55.8 Å². The van der Waals surface area contributed by atoms with Crippen LogP contribution in [0.15, 0.2) is 33.0 Å². The molecule has 11 nitrogen and oxygen atoms in total. The van der Waals surface area contributed by atoms with Crippen molar-refractivity contribution in [3.63, 3.8) is 0 Å². The molecule has 1 saturated carbocycles. The standard InChI is InChI=1S/C22H25N7O4S/c1-2-33-8-7-23-21(31)17-6-5-16(34-17)14-10-18(25-13-3-4-13)29-19(26-14)12(11-24-29)9-15-20(30)28-22(32)27-15/h6,9-11,13,16,30H,2-5,7-8H2,1H3,(H,23,31)(H2,27,28,32). The number of hydrogen-bond acceptors (Lipinski definition) is 8. The van der Waals surface area contributed by atoms with E-state index in [2.05, 4.69) is 20.4 Å². The van der Waals surface area contributed by atoms with Crippen LogP contribution in [0.25, 0.3) is 11.7 Å². The van der Waals surface area contributed by atoms with E-state index >= 15 is 0 Å². The van der Waals surface area contributed by atoms with Gasteiger partial charge < -0.3 is 20.1 Å². The molecule has 1 aliphatic carbocycles. The zero-order chi connectivity index (χ0) is 23.7. The summed E-state index contributed by atoms with van der Waals surface area (Å²) >= 11 is 1.48. The number of thioether (sulfide) groups is 1. The largest absolute Gasteiger partial charge is 0.493 e. The Morgan fingerprint density at radius 1 is 1.44 bits per heavy atom. The number of imidazole rings is 1. The normalized spacial score (nSPS) is 19.2. The molecule has 0 bridgehead atoms. The SMILES string of the molecule is CCOCCNC(=O)C1=CCC(c2cc(=NC3CC3)n3ncc(=Cc4[nH]c(=O)[nH]c4O)c3n2)S1. The summed E-state index contributed by atoms with van der Waals surface area (Å²) in [6.45, 7) is 3.48. The molecule has 0 spiro atoms. The van der Waals surface area contributed by atoms with Gasteiger partial charge >= 0.3 is 5.69 Å². The lowest BCUT2D eigenvalue weighted by Gasteiger charge is -2.11. The van der Waals surface area contributed by atoms with E-state index in [-0.39, 0.29) is 28.8 Å². The van der Waals surface area contributed by atoms with Gasteiger partial charge in [0.25, 0.3) is 5.91 Å². The molecule has 3 aromatic rings. The van der Waals surface area contributed by atoms with Crippen LogP contribution in [-0.4, -0.2) is 61.4 Å². The zero-order valence-electron chi connectivity index (χ0n) is 18.6. The number of nitrogens with zero attached hydrogens (tertiary/aromatic N) is 4. The van der Waals surface area contributed by atoms with E-state index in [1.165, 1.54) is 11.8 Å². The molecule has 0 aromatic carbocycles. The smallest absolute Gasteiger partial charge is 0.326 e. The maximum absolute atomic E-state index is 12.5.